The van der Waals surface area contributed by atoms with Gasteiger partial charge < -0.3 is 9.84 Å². The van der Waals surface area contributed by atoms with Gasteiger partial charge in [-0.05, 0) is 37.6 Å². The number of aromatic nitrogens is 1. The molecule has 3 nitrogen and oxygen atoms in total. The van der Waals surface area contributed by atoms with Gasteiger partial charge >= 0.3 is 0 Å². The van der Waals surface area contributed by atoms with Crippen LogP contribution in [0.2, 0.25) is 0 Å². The smallest absolute Gasteiger partial charge is 0.225 e. The van der Waals surface area contributed by atoms with Gasteiger partial charge in [0.05, 0.1) is 6.10 Å². The molecule has 88 valence electrons. The maximum Gasteiger partial charge on any atom is 0.225 e. The number of nitrogens with zero attached hydrogens (tertiary/aromatic N) is 1. The molecule has 2 aromatic rings. The number of ether oxygens (including phenoxy) is 1. The number of pyridine rings is 1. The van der Waals surface area contributed by atoms with Gasteiger partial charge in [-0.3, -0.25) is 0 Å². The van der Waals surface area contributed by atoms with Gasteiger partial charge in [0.25, 0.3) is 0 Å². The average molecular weight is 229 g/mol. The molecule has 3 heteroatoms. The number of aliphatic hydroxyl groups excluding tert-OH is 1. The molecule has 0 aliphatic carbocycles. The molecular weight excluding hydrogens is 214 g/mol. The molecular formula is C14H15NO2. The summed E-state index contributed by atoms with van der Waals surface area (Å²) in [7, 11) is 0. The highest BCUT2D eigenvalue weighted by molar-refractivity contribution is 5.37. The second-order valence-electron chi connectivity index (χ2n) is 3.94. The Labute approximate surface area is 101 Å². The summed E-state index contributed by atoms with van der Waals surface area (Å²) in [4.78, 5) is 4.15. The number of rotatable bonds is 3. The largest absolute Gasteiger partial charge is 0.438 e. The second kappa shape index (κ2) is 4.97. The number of aryl methyl sites for hydroxylation is 1. The van der Waals surface area contributed by atoms with E-state index in [4.69, 9.17) is 4.74 Å². The summed E-state index contributed by atoms with van der Waals surface area (Å²) >= 11 is 0. The van der Waals surface area contributed by atoms with Crippen LogP contribution in [-0.4, -0.2) is 10.1 Å². The van der Waals surface area contributed by atoms with Gasteiger partial charge in [-0.2, -0.15) is 0 Å². The van der Waals surface area contributed by atoms with E-state index in [-0.39, 0.29) is 0 Å². The van der Waals surface area contributed by atoms with Crippen molar-refractivity contribution in [1.82, 2.24) is 4.98 Å². The van der Waals surface area contributed by atoms with Crippen molar-refractivity contribution >= 4 is 0 Å². The molecule has 0 aliphatic heterocycles. The predicted octanol–water partition coefficient (Wildman–Crippen LogP) is 3.24. The summed E-state index contributed by atoms with van der Waals surface area (Å²) in [5.41, 5.74) is 1.73. The molecule has 0 amide bonds. The number of hydrogen-bond acceptors (Lipinski definition) is 3. The van der Waals surface area contributed by atoms with Crippen LogP contribution in [0.15, 0.2) is 42.6 Å². The number of para-hydroxylation sites is 1. The first kappa shape index (κ1) is 11.6. The highest BCUT2D eigenvalue weighted by atomic mass is 16.5. The van der Waals surface area contributed by atoms with Crippen LogP contribution in [0.4, 0.5) is 0 Å². The van der Waals surface area contributed by atoms with Crippen LogP contribution in [0, 0.1) is 6.92 Å². The van der Waals surface area contributed by atoms with Crippen molar-refractivity contribution < 1.29 is 9.84 Å². The van der Waals surface area contributed by atoms with Gasteiger partial charge in [0.15, 0.2) is 0 Å². The van der Waals surface area contributed by atoms with E-state index in [1.165, 1.54) is 0 Å². The number of hydrogen-bond donors (Lipinski definition) is 1. The van der Waals surface area contributed by atoms with E-state index < -0.39 is 6.10 Å². The molecule has 0 saturated heterocycles. The third kappa shape index (κ3) is 2.63. The van der Waals surface area contributed by atoms with Gasteiger partial charge in [0, 0.05) is 11.8 Å². The van der Waals surface area contributed by atoms with Crippen molar-refractivity contribution in [2.45, 2.75) is 20.0 Å². The van der Waals surface area contributed by atoms with Crippen LogP contribution in [0.1, 0.15) is 24.2 Å². The fourth-order valence-electron chi connectivity index (χ4n) is 1.58. The maximum absolute atomic E-state index is 9.63. The molecule has 0 fully saturated rings. The lowest BCUT2D eigenvalue weighted by atomic mass is 10.2. The van der Waals surface area contributed by atoms with Crippen molar-refractivity contribution in [2.75, 3.05) is 0 Å². The fourth-order valence-corrected chi connectivity index (χ4v) is 1.58. The molecule has 0 radical (unpaired) electrons. The molecule has 17 heavy (non-hydrogen) atoms. The van der Waals surface area contributed by atoms with Crippen molar-refractivity contribution in [2.24, 2.45) is 0 Å². The summed E-state index contributed by atoms with van der Waals surface area (Å²) in [6.07, 6.45) is 1.06. The Morgan fingerprint density at radius 1 is 1.18 bits per heavy atom. The minimum Gasteiger partial charge on any atom is -0.438 e. The van der Waals surface area contributed by atoms with E-state index >= 15 is 0 Å². The number of aliphatic hydroxyl groups is 1. The Balaban J connectivity index is 2.34. The van der Waals surface area contributed by atoms with Crippen LogP contribution >= 0.6 is 0 Å². The summed E-state index contributed by atoms with van der Waals surface area (Å²) in [5.74, 6) is 1.21. The molecule has 1 atom stereocenters. The van der Waals surface area contributed by atoms with Crippen LogP contribution in [0.3, 0.4) is 0 Å². The standard InChI is InChI=1S/C14H15NO2/c1-10-6-3-4-8-13(10)17-14-12(11(2)16)7-5-9-15-14/h3-9,11,16H,1-2H3/t11-/m0/s1. The summed E-state index contributed by atoms with van der Waals surface area (Å²) in [6, 6.07) is 11.3. The van der Waals surface area contributed by atoms with Crippen LogP contribution in [0.5, 0.6) is 11.6 Å². The van der Waals surface area contributed by atoms with Gasteiger partial charge in [0.2, 0.25) is 5.88 Å². The lowest BCUT2D eigenvalue weighted by molar-refractivity contribution is 0.194. The van der Waals surface area contributed by atoms with Crippen LogP contribution in [-0.2, 0) is 0 Å². The first-order valence-electron chi connectivity index (χ1n) is 5.55. The van der Waals surface area contributed by atoms with Crippen molar-refractivity contribution in [1.29, 1.82) is 0 Å². The fraction of sp³-hybridized carbons (Fsp3) is 0.214. The Morgan fingerprint density at radius 2 is 1.94 bits per heavy atom. The van der Waals surface area contributed by atoms with E-state index in [2.05, 4.69) is 4.98 Å². The zero-order valence-corrected chi connectivity index (χ0v) is 9.92. The zero-order chi connectivity index (χ0) is 12.3. The quantitative estimate of drug-likeness (QED) is 0.878. The maximum atomic E-state index is 9.63. The molecule has 1 heterocycles. The molecule has 1 N–H and O–H groups in total. The second-order valence-corrected chi connectivity index (χ2v) is 3.94. The molecule has 0 aliphatic rings. The molecule has 2 rings (SSSR count). The Morgan fingerprint density at radius 3 is 2.65 bits per heavy atom. The van der Waals surface area contributed by atoms with E-state index in [9.17, 15) is 5.11 Å². The SMILES string of the molecule is Cc1ccccc1Oc1ncccc1[C@H](C)O. The minimum absolute atomic E-state index is 0.455. The van der Waals surface area contributed by atoms with Gasteiger partial charge in [-0.1, -0.05) is 18.2 Å². The van der Waals surface area contributed by atoms with E-state index in [0.29, 0.717) is 11.4 Å². The Kier molecular flexibility index (Phi) is 3.40. The normalized spacial score (nSPS) is 12.2. The van der Waals surface area contributed by atoms with Crippen molar-refractivity contribution in [3.05, 3.63) is 53.7 Å². The van der Waals surface area contributed by atoms with Crippen molar-refractivity contribution in [3.63, 3.8) is 0 Å². The first-order valence-corrected chi connectivity index (χ1v) is 5.55. The molecule has 1 aromatic heterocycles. The summed E-state index contributed by atoms with van der Waals surface area (Å²) in [5, 5.41) is 9.63. The van der Waals surface area contributed by atoms with E-state index in [1.807, 2.05) is 37.3 Å². The van der Waals surface area contributed by atoms with E-state index in [1.54, 1.807) is 19.2 Å². The van der Waals surface area contributed by atoms with Crippen LogP contribution < -0.4 is 4.74 Å². The van der Waals surface area contributed by atoms with E-state index in [0.717, 1.165) is 11.3 Å². The molecule has 0 spiro atoms. The number of benzene rings is 1. The molecule has 0 unspecified atom stereocenters. The summed E-state index contributed by atoms with van der Waals surface area (Å²) < 4.78 is 5.73. The highest BCUT2D eigenvalue weighted by Gasteiger charge is 2.11. The first-order chi connectivity index (χ1) is 8.18. The molecule has 1 aromatic carbocycles. The third-order valence-corrected chi connectivity index (χ3v) is 2.55. The highest BCUT2D eigenvalue weighted by Crippen LogP contribution is 2.28. The predicted molar refractivity (Wildman–Crippen MR) is 66.1 cm³/mol. The van der Waals surface area contributed by atoms with Gasteiger partial charge in [-0.15, -0.1) is 0 Å². The van der Waals surface area contributed by atoms with Crippen LogP contribution in [0.25, 0.3) is 0 Å². The monoisotopic (exact) mass is 229 g/mol. The Hall–Kier alpha value is -1.87. The average Bonchev–Trinajstić information content (AvgIpc) is 2.32. The third-order valence-electron chi connectivity index (χ3n) is 2.55. The Bertz CT molecular complexity index is 509. The van der Waals surface area contributed by atoms with Gasteiger partial charge in [-0.25, -0.2) is 4.98 Å². The van der Waals surface area contributed by atoms with Crippen molar-refractivity contribution in [3.8, 4) is 11.6 Å². The topological polar surface area (TPSA) is 42.4 Å². The lowest BCUT2D eigenvalue weighted by Gasteiger charge is -2.12. The molecule has 0 saturated carbocycles. The lowest BCUT2D eigenvalue weighted by Crippen LogP contribution is -1.98. The summed E-state index contributed by atoms with van der Waals surface area (Å²) in [6.45, 7) is 3.67. The van der Waals surface area contributed by atoms with Gasteiger partial charge in [0.1, 0.15) is 5.75 Å². The zero-order valence-electron chi connectivity index (χ0n) is 9.92. The minimum atomic E-state index is -0.595. The molecule has 0 bridgehead atoms.